The lowest BCUT2D eigenvalue weighted by Crippen LogP contribution is -2.74. The summed E-state index contributed by atoms with van der Waals surface area (Å²) in [7, 11) is -5.16. The smallest absolute Gasteiger partial charge is 0.407 e. The standard InChI is InChI=1S/C23H26N8O14S2/c1-23(2,20(36)37)45-29-16(11-8-46-21(24)26-11)18(34)27-17-13(31(19(17)35)47(40,41)42)5-25-22(38)43-7-9-3-10(28-44-9)12-4-14(32)15(33)6-30(12)39/h3,8,12-13,17,39H,4-7H2,1-2H3,(H2,24,26)(H,25,38)(H,27,34)(H,36,37)(H,40,41,42)/t12?,13-,17+/m1/s1. The molecule has 0 aliphatic carbocycles. The van der Waals surface area contributed by atoms with Crippen molar-refractivity contribution in [1.29, 1.82) is 0 Å². The second-order valence-electron chi connectivity index (χ2n) is 10.4. The van der Waals surface area contributed by atoms with Gasteiger partial charge in [0.15, 0.2) is 23.2 Å². The molecular weight excluding hydrogens is 676 g/mol. The second kappa shape index (κ2) is 13.4. The first-order chi connectivity index (χ1) is 21.9. The van der Waals surface area contributed by atoms with E-state index in [1.54, 1.807) is 0 Å². The van der Waals surface area contributed by atoms with E-state index < -0.39 is 94.9 Å². The van der Waals surface area contributed by atoms with Gasteiger partial charge in [-0.15, -0.1) is 11.3 Å². The molecule has 2 fully saturated rings. The number of carboxylic acids is 1. The number of aromatic nitrogens is 2. The van der Waals surface area contributed by atoms with Crippen LogP contribution in [0.3, 0.4) is 0 Å². The average Bonchev–Trinajstić information content (AvgIpc) is 3.62. The number of hydroxylamine groups is 2. The van der Waals surface area contributed by atoms with Crippen molar-refractivity contribution < 1.29 is 66.1 Å². The highest BCUT2D eigenvalue weighted by Gasteiger charge is 2.54. The molecule has 0 bridgehead atoms. The van der Waals surface area contributed by atoms with E-state index >= 15 is 0 Å². The highest BCUT2D eigenvalue weighted by molar-refractivity contribution is 7.84. The minimum absolute atomic E-state index is 0.000510. The molecule has 4 rings (SSSR count). The van der Waals surface area contributed by atoms with Crippen molar-refractivity contribution in [3.63, 3.8) is 0 Å². The molecule has 47 heavy (non-hydrogen) atoms. The predicted molar refractivity (Wildman–Crippen MR) is 151 cm³/mol. The number of oxime groups is 1. The zero-order valence-corrected chi connectivity index (χ0v) is 25.8. The largest absolute Gasteiger partial charge is 0.478 e. The second-order valence-corrected chi connectivity index (χ2v) is 12.6. The highest BCUT2D eigenvalue weighted by atomic mass is 32.2. The molecule has 2 aliphatic heterocycles. The summed E-state index contributed by atoms with van der Waals surface area (Å²) in [6.45, 7) is 0.499. The number of piperidine rings is 1. The van der Waals surface area contributed by atoms with Gasteiger partial charge in [0, 0.05) is 24.4 Å². The number of nitrogen functional groups attached to an aromatic ring is 1. The van der Waals surface area contributed by atoms with Crippen molar-refractivity contribution in [1.82, 2.24) is 30.1 Å². The molecule has 0 aromatic carbocycles. The Morgan fingerprint density at radius 2 is 1.96 bits per heavy atom. The number of nitrogens with zero attached hydrogens (tertiary/aromatic N) is 5. The van der Waals surface area contributed by atoms with Crippen LogP contribution in [0.5, 0.6) is 0 Å². The lowest BCUT2D eigenvalue weighted by atomic mass is 9.98. The maximum atomic E-state index is 13.1. The van der Waals surface area contributed by atoms with Gasteiger partial charge >= 0.3 is 22.4 Å². The predicted octanol–water partition coefficient (Wildman–Crippen LogP) is -2.00. The van der Waals surface area contributed by atoms with E-state index in [0.29, 0.717) is 5.06 Å². The van der Waals surface area contributed by atoms with Crippen LogP contribution in [0.15, 0.2) is 21.1 Å². The third-order valence-corrected chi connectivity index (χ3v) is 8.26. The number of carbonyl (C=O) groups excluding carboxylic acids is 5. The van der Waals surface area contributed by atoms with Gasteiger partial charge in [-0.25, -0.2) is 18.9 Å². The third-order valence-electron chi connectivity index (χ3n) is 6.64. The Balaban J connectivity index is 1.41. The Labute approximate surface area is 267 Å². The fourth-order valence-electron chi connectivity index (χ4n) is 4.10. The number of amides is 3. The molecule has 2 saturated heterocycles. The van der Waals surface area contributed by atoms with Gasteiger partial charge in [-0.05, 0) is 13.8 Å². The van der Waals surface area contributed by atoms with Gasteiger partial charge in [0.1, 0.15) is 17.4 Å². The van der Waals surface area contributed by atoms with Crippen molar-refractivity contribution in [2.24, 2.45) is 5.16 Å². The van der Waals surface area contributed by atoms with Crippen LogP contribution in [0.1, 0.15) is 43.5 Å². The number of ether oxygens (including phenoxy) is 1. The topological polar surface area (TPSA) is 324 Å². The first-order valence-electron chi connectivity index (χ1n) is 13.1. The molecule has 0 radical (unpaired) electrons. The van der Waals surface area contributed by atoms with Gasteiger partial charge in [-0.2, -0.15) is 13.5 Å². The third kappa shape index (κ3) is 7.86. The van der Waals surface area contributed by atoms with Crippen molar-refractivity contribution in [2.75, 3.05) is 18.8 Å². The molecule has 2 aromatic rings. The maximum Gasteiger partial charge on any atom is 0.407 e. The van der Waals surface area contributed by atoms with E-state index in [-0.39, 0.29) is 33.0 Å². The van der Waals surface area contributed by atoms with Crippen LogP contribution in [0.2, 0.25) is 0 Å². The number of nitrogens with one attached hydrogen (secondary N) is 2. The number of aliphatic carboxylic acids is 1. The summed E-state index contributed by atoms with van der Waals surface area (Å²) in [6.07, 6.45) is -1.53. The van der Waals surface area contributed by atoms with Gasteiger partial charge in [0.05, 0.1) is 18.6 Å². The molecule has 3 atom stereocenters. The number of nitrogens with two attached hydrogens (primary N) is 1. The Bertz CT molecular complexity index is 1750. The van der Waals surface area contributed by atoms with Crippen molar-refractivity contribution in [2.45, 2.75) is 50.6 Å². The molecule has 254 valence electrons. The number of ketones is 2. The number of carbonyl (C=O) groups is 6. The zero-order chi connectivity index (χ0) is 34.8. The van der Waals surface area contributed by atoms with Gasteiger partial charge in [0.2, 0.25) is 17.2 Å². The fourth-order valence-corrected chi connectivity index (χ4v) is 5.53. The number of β-lactam (4-membered cyclic amide) rings is 1. The molecule has 7 N–H and O–H groups in total. The number of Topliss-reactive ketones (excluding diaryl/α,β-unsaturated/α-hetero) is 2. The quantitative estimate of drug-likeness (QED) is 0.0457. The van der Waals surface area contributed by atoms with E-state index in [4.69, 9.17) is 19.8 Å². The van der Waals surface area contributed by atoms with E-state index in [1.807, 2.05) is 0 Å². The van der Waals surface area contributed by atoms with Crippen LogP contribution in [0.4, 0.5) is 9.93 Å². The summed E-state index contributed by atoms with van der Waals surface area (Å²) >= 11 is 0.892. The highest BCUT2D eigenvalue weighted by Crippen LogP contribution is 2.27. The van der Waals surface area contributed by atoms with E-state index in [1.165, 1.54) is 11.4 Å². The number of alkyl carbamates (subject to hydrolysis) is 1. The fraction of sp³-hybridized carbons (Fsp3) is 0.435. The minimum Gasteiger partial charge on any atom is -0.478 e. The first kappa shape index (κ1) is 34.8. The first-order valence-corrected chi connectivity index (χ1v) is 15.4. The SMILES string of the molecule is CC(C)(ON=C(C(=O)N[C@@H]1C(=O)N(S(=O)(=O)O)[C@@H]1CNC(=O)OCc1cc(C2CC(=O)C(=O)CN2O)no1)c1csc(N)n1)C(=O)O. The number of rotatable bonds is 12. The van der Waals surface area contributed by atoms with Gasteiger partial charge in [-0.1, -0.05) is 10.3 Å². The Morgan fingerprint density at radius 1 is 1.26 bits per heavy atom. The van der Waals surface area contributed by atoms with Crippen molar-refractivity contribution in [3.8, 4) is 0 Å². The minimum atomic E-state index is -5.16. The normalized spacial score (nSPS) is 20.9. The Kier molecular flexibility index (Phi) is 9.90. The molecule has 3 amide bonds. The van der Waals surface area contributed by atoms with E-state index in [0.717, 1.165) is 25.2 Å². The molecule has 0 saturated carbocycles. The molecule has 24 heteroatoms. The number of thiazole rings is 1. The van der Waals surface area contributed by atoms with E-state index in [2.05, 4.69) is 25.9 Å². The number of hydrogen-bond acceptors (Lipinski definition) is 18. The Hall–Kier alpha value is -5.04. The van der Waals surface area contributed by atoms with Gasteiger partial charge in [-0.3, -0.25) is 23.7 Å². The summed E-state index contributed by atoms with van der Waals surface area (Å²) in [5.41, 5.74) is 2.97. The summed E-state index contributed by atoms with van der Waals surface area (Å²) in [4.78, 5) is 81.6. The lowest BCUT2D eigenvalue weighted by Gasteiger charge is -2.44. The summed E-state index contributed by atoms with van der Waals surface area (Å²) in [6, 6.07) is -2.96. The molecule has 4 heterocycles. The molecular formula is C23H26N8O14S2. The van der Waals surface area contributed by atoms with Crippen LogP contribution in [-0.4, -0.2) is 115 Å². The molecule has 0 spiro atoms. The summed E-state index contributed by atoms with van der Waals surface area (Å²) in [5, 5.41) is 32.7. The average molecular weight is 703 g/mol. The van der Waals surface area contributed by atoms with Crippen molar-refractivity contribution >= 4 is 67.9 Å². The van der Waals surface area contributed by atoms with Crippen LogP contribution < -0.4 is 16.4 Å². The van der Waals surface area contributed by atoms with Crippen LogP contribution >= 0.6 is 11.3 Å². The van der Waals surface area contributed by atoms with Crippen LogP contribution in [-0.2, 0) is 50.5 Å². The van der Waals surface area contributed by atoms with Gasteiger partial charge in [0.25, 0.3) is 11.8 Å². The lowest BCUT2D eigenvalue weighted by molar-refractivity contribution is -0.168. The van der Waals surface area contributed by atoms with Gasteiger partial charge < -0.3 is 40.8 Å². The summed E-state index contributed by atoms with van der Waals surface area (Å²) < 4.78 is 43.2. The Morgan fingerprint density at radius 3 is 2.57 bits per heavy atom. The molecule has 22 nitrogen and oxygen atoms in total. The monoisotopic (exact) mass is 702 g/mol. The molecule has 2 aromatic heterocycles. The zero-order valence-electron chi connectivity index (χ0n) is 24.2. The van der Waals surface area contributed by atoms with Crippen molar-refractivity contribution in [3.05, 3.63) is 28.6 Å². The maximum absolute atomic E-state index is 13.1. The van der Waals surface area contributed by atoms with Crippen LogP contribution in [0, 0.1) is 0 Å². The molecule has 1 unspecified atom stereocenters. The number of anilines is 1. The van der Waals surface area contributed by atoms with Crippen LogP contribution in [0.25, 0.3) is 0 Å². The number of carboxylic acid groups (broad SMARTS) is 1. The number of hydrogen-bond donors (Lipinski definition) is 6. The molecule has 2 aliphatic rings. The van der Waals surface area contributed by atoms with E-state index in [9.17, 15) is 52.1 Å². The summed E-state index contributed by atoms with van der Waals surface area (Å²) in [5.74, 6) is -5.44.